The van der Waals surface area contributed by atoms with E-state index in [9.17, 15) is 4.79 Å². The molecule has 0 atom stereocenters. The predicted molar refractivity (Wildman–Crippen MR) is 122 cm³/mol. The molecule has 0 unspecified atom stereocenters. The first-order chi connectivity index (χ1) is 15.0. The van der Waals surface area contributed by atoms with Gasteiger partial charge in [-0.1, -0.05) is 6.07 Å². The van der Waals surface area contributed by atoms with Crippen LogP contribution in [0.1, 0.15) is 22.3 Å². The zero-order valence-corrected chi connectivity index (χ0v) is 18.7. The fourth-order valence-electron chi connectivity index (χ4n) is 4.20. The van der Waals surface area contributed by atoms with Crippen molar-refractivity contribution in [3.8, 4) is 11.5 Å². The van der Waals surface area contributed by atoms with Crippen molar-refractivity contribution >= 4 is 11.0 Å². The quantitative estimate of drug-likeness (QED) is 0.564. The molecule has 1 fully saturated rings. The number of hydrogen-bond acceptors (Lipinski definition) is 6. The van der Waals surface area contributed by atoms with Crippen LogP contribution in [0.3, 0.4) is 0 Å². The summed E-state index contributed by atoms with van der Waals surface area (Å²) in [5.74, 6) is 1.51. The van der Waals surface area contributed by atoms with Gasteiger partial charge >= 0.3 is 5.63 Å². The van der Waals surface area contributed by atoms with E-state index < -0.39 is 0 Å². The lowest BCUT2D eigenvalue weighted by atomic mass is 10.0. The third-order valence-corrected chi connectivity index (χ3v) is 6.16. The molecule has 2 heterocycles. The summed E-state index contributed by atoms with van der Waals surface area (Å²) in [6.07, 6.45) is 0. The smallest absolute Gasteiger partial charge is 0.336 e. The fraction of sp³-hybridized carbons (Fsp3) is 0.400. The number of aryl methyl sites for hydroxylation is 2. The summed E-state index contributed by atoms with van der Waals surface area (Å²) in [7, 11) is 3.32. The highest BCUT2D eigenvalue weighted by Gasteiger charge is 2.19. The van der Waals surface area contributed by atoms with E-state index in [1.54, 1.807) is 20.3 Å². The maximum atomic E-state index is 12.1. The molecular formula is C25H30N2O4. The van der Waals surface area contributed by atoms with E-state index in [2.05, 4.69) is 28.9 Å². The van der Waals surface area contributed by atoms with Crippen molar-refractivity contribution in [2.45, 2.75) is 26.9 Å². The van der Waals surface area contributed by atoms with Crippen LogP contribution in [0, 0.1) is 13.8 Å². The van der Waals surface area contributed by atoms with Crippen LogP contribution in [-0.2, 0) is 13.1 Å². The van der Waals surface area contributed by atoms with Gasteiger partial charge in [0, 0.05) is 50.7 Å². The molecule has 0 radical (unpaired) electrons. The molecule has 31 heavy (non-hydrogen) atoms. The summed E-state index contributed by atoms with van der Waals surface area (Å²) < 4.78 is 16.2. The van der Waals surface area contributed by atoms with Crippen LogP contribution in [-0.4, -0.2) is 50.2 Å². The van der Waals surface area contributed by atoms with Gasteiger partial charge in [-0.2, -0.15) is 0 Å². The van der Waals surface area contributed by atoms with Gasteiger partial charge in [0.2, 0.25) is 0 Å². The average molecular weight is 423 g/mol. The molecule has 1 aromatic heterocycles. The van der Waals surface area contributed by atoms with Crippen molar-refractivity contribution < 1.29 is 13.9 Å². The predicted octanol–water partition coefficient (Wildman–Crippen LogP) is 3.74. The van der Waals surface area contributed by atoms with Gasteiger partial charge in [0.25, 0.3) is 0 Å². The van der Waals surface area contributed by atoms with E-state index in [1.165, 1.54) is 11.1 Å². The SMILES string of the molecule is COc1ccc(CN2CCN(Cc3cc(=O)oc4cc(C)c(C)cc34)CC2)cc1OC. The first-order valence-corrected chi connectivity index (χ1v) is 10.7. The summed E-state index contributed by atoms with van der Waals surface area (Å²) in [6.45, 7) is 9.65. The minimum absolute atomic E-state index is 0.280. The van der Waals surface area contributed by atoms with Gasteiger partial charge in [0.15, 0.2) is 11.5 Å². The first-order valence-electron chi connectivity index (χ1n) is 10.7. The molecule has 4 rings (SSSR count). The van der Waals surface area contributed by atoms with E-state index in [4.69, 9.17) is 13.9 Å². The van der Waals surface area contributed by atoms with Crippen molar-refractivity contribution in [2.75, 3.05) is 40.4 Å². The molecule has 1 saturated heterocycles. The maximum Gasteiger partial charge on any atom is 0.336 e. The Balaban J connectivity index is 1.42. The lowest BCUT2D eigenvalue weighted by Gasteiger charge is -2.35. The van der Waals surface area contributed by atoms with Gasteiger partial charge in [-0.25, -0.2) is 4.79 Å². The van der Waals surface area contributed by atoms with E-state index in [1.807, 2.05) is 25.1 Å². The fourth-order valence-corrected chi connectivity index (χ4v) is 4.20. The molecule has 164 valence electrons. The van der Waals surface area contributed by atoms with Crippen molar-refractivity contribution in [1.29, 1.82) is 0 Å². The van der Waals surface area contributed by atoms with E-state index in [0.29, 0.717) is 5.58 Å². The summed E-state index contributed by atoms with van der Waals surface area (Å²) in [5, 5.41) is 1.04. The van der Waals surface area contributed by atoms with E-state index in [0.717, 1.165) is 67.3 Å². The molecule has 0 amide bonds. The van der Waals surface area contributed by atoms with Gasteiger partial charge in [-0.3, -0.25) is 9.80 Å². The van der Waals surface area contributed by atoms with Crippen molar-refractivity contribution in [1.82, 2.24) is 9.80 Å². The molecule has 2 aromatic carbocycles. The Labute approximate surface area is 183 Å². The van der Waals surface area contributed by atoms with Crippen LogP contribution < -0.4 is 15.1 Å². The molecule has 0 bridgehead atoms. The maximum absolute atomic E-state index is 12.1. The summed E-state index contributed by atoms with van der Waals surface area (Å²) in [6, 6.07) is 11.8. The highest BCUT2D eigenvalue weighted by molar-refractivity contribution is 5.81. The second-order valence-electron chi connectivity index (χ2n) is 8.26. The Morgan fingerprint density at radius 3 is 2.16 bits per heavy atom. The Hall–Kier alpha value is -2.83. The molecule has 0 spiro atoms. The monoisotopic (exact) mass is 422 g/mol. The van der Waals surface area contributed by atoms with Gasteiger partial charge in [-0.15, -0.1) is 0 Å². The molecule has 0 saturated carbocycles. The van der Waals surface area contributed by atoms with E-state index >= 15 is 0 Å². The molecule has 1 aliphatic heterocycles. The summed E-state index contributed by atoms with van der Waals surface area (Å²) in [4.78, 5) is 16.9. The van der Waals surface area contributed by atoms with Crippen LogP contribution in [0.4, 0.5) is 0 Å². The second-order valence-corrected chi connectivity index (χ2v) is 8.26. The van der Waals surface area contributed by atoms with Crippen molar-refractivity contribution in [3.05, 3.63) is 69.1 Å². The summed E-state index contributed by atoms with van der Waals surface area (Å²) in [5.41, 5.74) is 5.00. The largest absolute Gasteiger partial charge is 0.493 e. The number of fused-ring (bicyclic) bond motifs is 1. The third-order valence-electron chi connectivity index (χ3n) is 6.16. The molecule has 6 nitrogen and oxygen atoms in total. The lowest BCUT2D eigenvalue weighted by molar-refractivity contribution is 0.122. The van der Waals surface area contributed by atoms with Crippen LogP contribution in [0.25, 0.3) is 11.0 Å². The molecule has 3 aromatic rings. The zero-order chi connectivity index (χ0) is 22.0. The topological polar surface area (TPSA) is 55.2 Å². The normalized spacial score (nSPS) is 15.4. The Bertz CT molecular complexity index is 1130. The van der Waals surface area contributed by atoms with Crippen LogP contribution >= 0.6 is 0 Å². The number of piperazine rings is 1. The van der Waals surface area contributed by atoms with Crippen molar-refractivity contribution in [2.24, 2.45) is 0 Å². The number of benzene rings is 2. The zero-order valence-electron chi connectivity index (χ0n) is 18.7. The number of ether oxygens (including phenoxy) is 2. The Morgan fingerprint density at radius 1 is 0.839 bits per heavy atom. The minimum Gasteiger partial charge on any atom is -0.493 e. The van der Waals surface area contributed by atoms with E-state index in [-0.39, 0.29) is 5.63 Å². The number of hydrogen-bond donors (Lipinski definition) is 0. The van der Waals surface area contributed by atoms with Gasteiger partial charge in [0.05, 0.1) is 14.2 Å². The highest BCUT2D eigenvalue weighted by Crippen LogP contribution is 2.28. The lowest BCUT2D eigenvalue weighted by Crippen LogP contribution is -2.45. The highest BCUT2D eigenvalue weighted by atomic mass is 16.5. The molecule has 0 aliphatic carbocycles. The Kier molecular flexibility index (Phi) is 6.30. The summed E-state index contributed by atoms with van der Waals surface area (Å²) >= 11 is 0. The van der Waals surface area contributed by atoms with Crippen LogP contribution in [0.15, 0.2) is 45.6 Å². The average Bonchev–Trinajstić information content (AvgIpc) is 2.76. The van der Waals surface area contributed by atoms with Gasteiger partial charge < -0.3 is 13.9 Å². The van der Waals surface area contributed by atoms with Crippen LogP contribution in [0.5, 0.6) is 11.5 Å². The van der Waals surface area contributed by atoms with Crippen molar-refractivity contribution in [3.63, 3.8) is 0 Å². The third kappa shape index (κ3) is 4.75. The number of nitrogens with zero attached hydrogens (tertiary/aromatic N) is 2. The van der Waals surface area contributed by atoms with Crippen LogP contribution in [0.2, 0.25) is 0 Å². The minimum atomic E-state index is -0.280. The Morgan fingerprint density at radius 2 is 1.48 bits per heavy atom. The van der Waals surface area contributed by atoms with Gasteiger partial charge in [-0.05, 0) is 60.4 Å². The number of rotatable bonds is 6. The first kappa shape index (κ1) is 21.4. The standard InChI is InChI=1S/C25H30N2O4/c1-17-11-21-20(14-25(28)31-23(21)12-18(17)2)16-27-9-7-26(8-10-27)15-19-5-6-22(29-3)24(13-19)30-4/h5-6,11-14H,7-10,15-16H2,1-4H3. The molecule has 6 heteroatoms. The second kappa shape index (κ2) is 9.12. The molecule has 1 aliphatic rings. The van der Waals surface area contributed by atoms with Gasteiger partial charge in [0.1, 0.15) is 5.58 Å². The molecular weight excluding hydrogens is 392 g/mol. The molecule has 0 N–H and O–H groups in total. The number of methoxy groups -OCH3 is 2.